The summed E-state index contributed by atoms with van der Waals surface area (Å²) in [6.45, 7) is 8.17. The lowest BCUT2D eigenvalue weighted by molar-refractivity contribution is 0.185. The van der Waals surface area contributed by atoms with Gasteiger partial charge >= 0.3 is 0 Å². The molecule has 0 aromatic carbocycles. The summed E-state index contributed by atoms with van der Waals surface area (Å²) >= 11 is 0. The van der Waals surface area contributed by atoms with Crippen LogP contribution in [0.25, 0.3) is 0 Å². The Morgan fingerprint density at radius 1 is 1.53 bits per heavy atom. The van der Waals surface area contributed by atoms with Crippen LogP contribution in [-0.4, -0.2) is 35.3 Å². The Balaban J connectivity index is 2.18. The lowest BCUT2D eigenvalue weighted by atomic mass is 10.0. The number of rotatable bonds is 4. The molecule has 1 atom stereocenters. The van der Waals surface area contributed by atoms with Crippen LogP contribution < -0.4 is 10.1 Å². The summed E-state index contributed by atoms with van der Waals surface area (Å²) < 4.78 is 10.9. The van der Waals surface area contributed by atoms with Gasteiger partial charge in [-0.2, -0.15) is 0 Å². The van der Waals surface area contributed by atoms with Crippen molar-refractivity contribution in [1.29, 1.82) is 0 Å². The molecule has 1 fully saturated rings. The molecule has 94 valence electrons. The van der Waals surface area contributed by atoms with Crippen LogP contribution in [0.2, 0.25) is 0 Å². The van der Waals surface area contributed by atoms with E-state index in [1.807, 2.05) is 13.8 Å². The van der Waals surface area contributed by atoms with Gasteiger partial charge in [-0.25, -0.2) is 9.97 Å². The van der Waals surface area contributed by atoms with Crippen LogP contribution in [0.1, 0.15) is 25.8 Å². The summed E-state index contributed by atoms with van der Waals surface area (Å²) in [4.78, 5) is 8.39. The maximum atomic E-state index is 5.45. The molecule has 0 bridgehead atoms. The number of aromatic nitrogens is 2. The van der Waals surface area contributed by atoms with Crippen LogP contribution in [0.3, 0.4) is 0 Å². The van der Waals surface area contributed by atoms with Crippen LogP contribution in [0.15, 0.2) is 6.33 Å². The average molecular weight is 237 g/mol. The fraction of sp³-hybridized carbons (Fsp3) is 0.667. The highest BCUT2D eigenvalue weighted by Gasteiger charge is 2.30. The van der Waals surface area contributed by atoms with E-state index in [2.05, 4.69) is 22.2 Å². The smallest absolute Gasteiger partial charge is 0.221 e. The van der Waals surface area contributed by atoms with Gasteiger partial charge in [-0.05, 0) is 27.2 Å². The Kier molecular flexibility index (Phi) is 3.47. The zero-order chi connectivity index (χ0) is 12.3. The molecule has 2 rings (SSSR count). The van der Waals surface area contributed by atoms with Gasteiger partial charge in [0.25, 0.3) is 0 Å². The number of anilines is 1. The predicted molar refractivity (Wildman–Crippen MR) is 65.4 cm³/mol. The van der Waals surface area contributed by atoms with Gasteiger partial charge in [-0.1, -0.05) is 0 Å². The van der Waals surface area contributed by atoms with Crippen molar-refractivity contribution in [3.63, 3.8) is 0 Å². The van der Waals surface area contributed by atoms with Crippen LogP contribution in [-0.2, 0) is 4.74 Å². The summed E-state index contributed by atoms with van der Waals surface area (Å²) in [7, 11) is 0. The van der Waals surface area contributed by atoms with Crippen molar-refractivity contribution in [3.8, 4) is 5.88 Å². The highest BCUT2D eigenvalue weighted by molar-refractivity contribution is 5.49. The van der Waals surface area contributed by atoms with Gasteiger partial charge in [0.05, 0.1) is 24.3 Å². The molecule has 0 amide bonds. The Bertz CT molecular complexity index is 389. The van der Waals surface area contributed by atoms with Gasteiger partial charge in [-0.15, -0.1) is 0 Å². The molecule has 1 aromatic heterocycles. The molecule has 0 spiro atoms. The minimum absolute atomic E-state index is 0.0391. The summed E-state index contributed by atoms with van der Waals surface area (Å²) in [6, 6.07) is 0. The Morgan fingerprint density at radius 3 is 3.00 bits per heavy atom. The van der Waals surface area contributed by atoms with Crippen LogP contribution in [0, 0.1) is 6.92 Å². The molecule has 1 unspecified atom stereocenters. The standard InChI is InChI=1S/C12H19N3O2/c1-4-17-11-9(2)10(13-8-14-11)15-12(3)5-6-16-7-12/h8H,4-7H2,1-3H3,(H,13,14,15). The maximum Gasteiger partial charge on any atom is 0.221 e. The molecule has 0 aliphatic carbocycles. The third-order valence-electron chi connectivity index (χ3n) is 2.96. The fourth-order valence-corrected chi connectivity index (χ4v) is 1.89. The van der Waals surface area contributed by atoms with Crippen molar-refractivity contribution in [2.45, 2.75) is 32.7 Å². The maximum absolute atomic E-state index is 5.45. The number of nitrogens with one attached hydrogen (secondary N) is 1. The molecule has 0 radical (unpaired) electrons. The molecule has 1 aliphatic heterocycles. The van der Waals surface area contributed by atoms with E-state index in [4.69, 9.17) is 9.47 Å². The first kappa shape index (κ1) is 12.1. The molecular formula is C12H19N3O2. The monoisotopic (exact) mass is 237 g/mol. The average Bonchev–Trinajstić information content (AvgIpc) is 2.71. The molecule has 1 saturated heterocycles. The predicted octanol–water partition coefficient (Wildman–Crippen LogP) is 1.77. The van der Waals surface area contributed by atoms with E-state index in [-0.39, 0.29) is 5.54 Å². The molecular weight excluding hydrogens is 218 g/mol. The molecule has 1 aliphatic rings. The van der Waals surface area contributed by atoms with Gasteiger partial charge in [-0.3, -0.25) is 0 Å². The number of ether oxygens (including phenoxy) is 2. The van der Waals surface area contributed by atoms with Crippen molar-refractivity contribution in [2.24, 2.45) is 0 Å². The van der Waals surface area contributed by atoms with E-state index in [0.717, 1.165) is 24.4 Å². The van der Waals surface area contributed by atoms with Gasteiger partial charge in [0.1, 0.15) is 12.1 Å². The molecule has 0 saturated carbocycles. The minimum Gasteiger partial charge on any atom is -0.478 e. The normalized spacial score (nSPS) is 23.7. The molecule has 17 heavy (non-hydrogen) atoms. The van der Waals surface area contributed by atoms with E-state index in [1.165, 1.54) is 6.33 Å². The van der Waals surface area contributed by atoms with E-state index in [1.54, 1.807) is 0 Å². The zero-order valence-corrected chi connectivity index (χ0v) is 10.6. The SMILES string of the molecule is CCOc1ncnc(NC2(C)CCOC2)c1C. The van der Waals surface area contributed by atoms with E-state index in [9.17, 15) is 0 Å². The van der Waals surface area contributed by atoms with Crippen LogP contribution in [0.4, 0.5) is 5.82 Å². The zero-order valence-electron chi connectivity index (χ0n) is 10.6. The van der Waals surface area contributed by atoms with Crippen LogP contribution >= 0.6 is 0 Å². The summed E-state index contributed by atoms with van der Waals surface area (Å²) in [5, 5.41) is 3.43. The molecule has 5 heteroatoms. The first-order chi connectivity index (χ1) is 8.14. The van der Waals surface area contributed by atoms with Gasteiger partial charge in [0.2, 0.25) is 5.88 Å². The number of nitrogens with zero attached hydrogens (tertiary/aromatic N) is 2. The molecule has 5 nitrogen and oxygen atoms in total. The lowest BCUT2D eigenvalue weighted by Gasteiger charge is -2.25. The second-order valence-corrected chi connectivity index (χ2v) is 4.57. The summed E-state index contributed by atoms with van der Waals surface area (Å²) in [6.07, 6.45) is 2.51. The Labute approximate surface area is 102 Å². The van der Waals surface area contributed by atoms with Crippen molar-refractivity contribution >= 4 is 5.82 Å². The lowest BCUT2D eigenvalue weighted by Crippen LogP contribution is -2.35. The van der Waals surface area contributed by atoms with Crippen LogP contribution in [0.5, 0.6) is 5.88 Å². The largest absolute Gasteiger partial charge is 0.478 e. The molecule has 1 N–H and O–H groups in total. The Hall–Kier alpha value is -1.36. The van der Waals surface area contributed by atoms with Crippen molar-refractivity contribution in [2.75, 3.05) is 25.1 Å². The first-order valence-electron chi connectivity index (χ1n) is 5.95. The third-order valence-corrected chi connectivity index (χ3v) is 2.96. The highest BCUT2D eigenvalue weighted by atomic mass is 16.5. The molecule has 2 heterocycles. The first-order valence-corrected chi connectivity index (χ1v) is 5.95. The highest BCUT2D eigenvalue weighted by Crippen LogP contribution is 2.27. The summed E-state index contributed by atoms with van der Waals surface area (Å²) in [5.74, 6) is 1.48. The van der Waals surface area contributed by atoms with E-state index >= 15 is 0 Å². The molecule has 1 aromatic rings. The van der Waals surface area contributed by atoms with Gasteiger partial charge in [0, 0.05) is 6.61 Å². The summed E-state index contributed by atoms with van der Waals surface area (Å²) in [5.41, 5.74) is 0.908. The van der Waals surface area contributed by atoms with Gasteiger partial charge < -0.3 is 14.8 Å². The fourth-order valence-electron chi connectivity index (χ4n) is 1.89. The second kappa shape index (κ2) is 4.87. The Morgan fingerprint density at radius 2 is 2.35 bits per heavy atom. The van der Waals surface area contributed by atoms with E-state index in [0.29, 0.717) is 19.1 Å². The van der Waals surface area contributed by atoms with Gasteiger partial charge in [0.15, 0.2) is 0 Å². The van der Waals surface area contributed by atoms with E-state index < -0.39 is 0 Å². The number of hydrogen-bond acceptors (Lipinski definition) is 5. The second-order valence-electron chi connectivity index (χ2n) is 4.57. The minimum atomic E-state index is -0.0391. The van der Waals surface area contributed by atoms with Crippen molar-refractivity contribution < 1.29 is 9.47 Å². The number of hydrogen-bond donors (Lipinski definition) is 1. The van der Waals surface area contributed by atoms with Crippen molar-refractivity contribution in [3.05, 3.63) is 11.9 Å². The third kappa shape index (κ3) is 2.66. The van der Waals surface area contributed by atoms with Crippen molar-refractivity contribution in [1.82, 2.24) is 9.97 Å². The quantitative estimate of drug-likeness (QED) is 0.865. The topological polar surface area (TPSA) is 56.3 Å².